The maximum Gasteiger partial charge on any atom is 0.331 e. The average Bonchev–Trinajstić information content (AvgIpc) is 3.88. The van der Waals surface area contributed by atoms with E-state index in [2.05, 4.69) is 16.9 Å². The highest BCUT2D eigenvalue weighted by Crippen LogP contribution is 2.70. The number of aliphatic hydroxyl groups excluding tert-OH is 5. The molecule has 7 fully saturated rings. The number of fused-ring (bicyclic) bond motifs is 5. The Morgan fingerprint density at radius 2 is 1.25 bits per heavy atom. The summed E-state index contributed by atoms with van der Waals surface area (Å²) in [6.07, 6.45) is 2.07. The number of rotatable bonds is 10. The summed E-state index contributed by atoms with van der Waals surface area (Å²) in [6.45, 7) is 9.90. The molecule has 0 radical (unpaired) electrons. The van der Waals surface area contributed by atoms with E-state index >= 15 is 0 Å². The highest BCUT2D eigenvalue weighted by molar-refractivity contribution is 8.76. The summed E-state index contributed by atoms with van der Waals surface area (Å²) in [7, 11) is 3.23. The van der Waals surface area contributed by atoms with Crippen LogP contribution in [-0.2, 0) is 38.0 Å². The zero-order valence-corrected chi connectivity index (χ0v) is 41.9. The molecule has 8 aliphatic rings. The number of hydrogen-bond acceptors (Lipinski definition) is 18. The predicted molar refractivity (Wildman–Crippen MR) is 253 cm³/mol. The van der Waals surface area contributed by atoms with Gasteiger partial charge in [-0.3, -0.25) is 0 Å². The minimum Gasteiger partial charge on any atom is -0.458 e. The number of carbonyl (C=O) groups is 1. The van der Waals surface area contributed by atoms with Crippen LogP contribution >= 0.6 is 21.6 Å². The molecule has 3 saturated heterocycles. The largest absolute Gasteiger partial charge is 0.458 e. The van der Waals surface area contributed by atoms with Crippen LogP contribution in [0.2, 0.25) is 0 Å². The maximum absolute atomic E-state index is 12.6. The van der Waals surface area contributed by atoms with Gasteiger partial charge in [-0.15, -0.1) is 0 Å². The van der Waals surface area contributed by atoms with Crippen LogP contribution in [0.1, 0.15) is 105 Å². The first-order valence-corrected chi connectivity index (χ1v) is 27.2. The van der Waals surface area contributed by atoms with Crippen LogP contribution in [-0.4, -0.2) is 145 Å². The molecule has 0 amide bonds. The number of aliphatic hydroxyl groups is 6. The van der Waals surface area contributed by atoms with Crippen molar-refractivity contribution in [1.82, 2.24) is 9.97 Å². The molecule has 4 aliphatic carbocycles. The Kier molecular flexibility index (Phi) is 15.9. The SMILES string of the molecule is C[C@H]1O[C@@H](O[C@H]2[C@@H](O)C[C@H](O[C@H]3[C@@H](O)C[C@H](O[C@H]4CC[C@@]5(C)[C@H](CC[C@@H]6[C@@H]5C[C@@H](O)[C@]5(C)[C@@H](C7=CC(=O)OC7)CC[C@]65O)C4)O[C@@H]3C)O[C@@H]2C)C[C@H](O)[C@@H]1O.c1ccc(SSc2ccccn2)nc1. The third-order valence-electron chi connectivity index (χ3n) is 17.4. The summed E-state index contributed by atoms with van der Waals surface area (Å²) in [5, 5.41) is 68.9. The van der Waals surface area contributed by atoms with Gasteiger partial charge in [0.25, 0.3) is 0 Å². The van der Waals surface area contributed by atoms with Crippen LogP contribution in [0, 0.1) is 34.5 Å². The van der Waals surface area contributed by atoms with Gasteiger partial charge in [0, 0.05) is 43.1 Å². The highest BCUT2D eigenvalue weighted by Gasteiger charge is 2.71. The van der Waals surface area contributed by atoms with Crippen molar-refractivity contribution in [2.75, 3.05) is 6.61 Å². The molecule has 0 bridgehead atoms. The van der Waals surface area contributed by atoms with E-state index < -0.39 is 90.9 Å². The van der Waals surface area contributed by atoms with Crippen molar-refractivity contribution >= 4 is 27.6 Å². The first kappa shape index (κ1) is 51.6. The fraction of sp³-hybridized carbons (Fsp3) is 0.745. The van der Waals surface area contributed by atoms with E-state index in [9.17, 15) is 35.4 Å². The molecule has 18 heteroatoms. The number of pyridine rings is 2. The highest BCUT2D eigenvalue weighted by atomic mass is 33.1. The summed E-state index contributed by atoms with van der Waals surface area (Å²) in [6, 6.07) is 11.8. The Morgan fingerprint density at radius 3 is 1.78 bits per heavy atom. The van der Waals surface area contributed by atoms with Crippen LogP contribution in [0.5, 0.6) is 0 Å². The smallest absolute Gasteiger partial charge is 0.331 e. The van der Waals surface area contributed by atoms with E-state index in [1.807, 2.05) is 50.2 Å². The van der Waals surface area contributed by atoms with Crippen LogP contribution in [0.25, 0.3) is 0 Å². The van der Waals surface area contributed by atoms with Crippen molar-refractivity contribution < 1.29 is 68.6 Å². The summed E-state index contributed by atoms with van der Waals surface area (Å²) in [5.74, 6) is 0.204. The molecule has 382 valence electrons. The van der Waals surface area contributed by atoms with E-state index in [1.165, 1.54) is 0 Å². The van der Waals surface area contributed by atoms with Crippen molar-refractivity contribution in [3.8, 4) is 0 Å². The number of aromatic nitrogens is 2. The summed E-state index contributed by atoms with van der Waals surface area (Å²) < 4.78 is 42.1. The molecule has 0 unspecified atom stereocenters. The molecule has 2 aromatic rings. The zero-order chi connectivity index (χ0) is 48.8. The second-order valence-electron chi connectivity index (χ2n) is 21.3. The molecule has 69 heavy (non-hydrogen) atoms. The zero-order valence-electron chi connectivity index (χ0n) is 40.2. The number of hydrogen-bond donors (Lipinski definition) is 6. The van der Waals surface area contributed by atoms with Crippen molar-refractivity contribution in [2.45, 2.75) is 207 Å². The van der Waals surface area contributed by atoms with Gasteiger partial charge in [0.05, 0.1) is 54.4 Å². The molecule has 10 rings (SSSR count). The number of carbonyl (C=O) groups excluding carboxylic acids is 1. The number of esters is 1. The summed E-state index contributed by atoms with van der Waals surface area (Å²) >= 11 is 0. The van der Waals surface area contributed by atoms with Gasteiger partial charge in [-0.2, -0.15) is 0 Å². The standard InChI is InChI=1S/C41H64O14.C10H8N2S2/c1-19-36(47)28(42)15-34(50-19)54-38-21(3)52-35(17-30(38)44)55-37-20(2)51-33(16-29(37)43)53-24-8-10-39(4)23(13-24)6-7-26-27(39)14-31(45)40(5)25(9-11-41(26,40)48)22-12-32(46)49-18-22;1-3-7-11-9(5-1)13-14-10-6-2-4-8-12-10/h12,19-21,23-31,33-38,42-45,47-48H,6-11,13-18H2,1-5H3;1-8H/t19-,20-,21-,23-,24+,25-,26-,27+,28+,29+,30+,31-,33+,34+,35+,36-,37-,38-,39+,40+,41+;/m1./s1. The monoisotopic (exact) mass is 1000 g/mol. The van der Waals surface area contributed by atoms with E-state index in [1.54, 1.807) is 53.9 Å². The van der Waals surface area contributed by atoms with E-state index in [0.717, 1.165) is 54.1 Å². The van der Waals surface area contributed by atoms with E-state index in [-0.39, 0.29) is 61.1 Å². The van der Waals surface area contributed by atoms with Crippen molar-refractivity contribution in [1.29, 1.82) is 0 Å². The molecule has 6 N–H and O–H groups in total. The van der Waals surface area contributed by atoms with Gasteiger partial charge >= 0.3 is 5.97 Å². The molecule has 2 aromatic heterocycles. The van der Waals surface area contributed by atoms with Crippen LogP contribution in [0.4, 0.5) is 0 Å². The van der Waals surface area contributed by atoms with Crippen molar-refractivity contribution in [2.24, 2.45) is 34.5 Å². The van der Waals surface area contributed by atoms with Crippen molar-refractivity contribution in [3.63, 3.8) is 0 Å². The molecule has 0 aromatic carbocycles. The van der Waals surface area contributed by atoms with Crippen LogP contribution < -0.4 is 0 Å². The van der Waals surface area contributed by atoms with Gasteiger partial charge < -0.3 is 63.8 Å². The lowest BCUT2D eigenvalue weighted by Gasteiger charge is -2.65. The Labute approximate surface area is 413 Å². The maximum atomic E-state index is 12.6. The summed E-state index contributed by atoms with van der Waals surface area (Å²) in [4.78, 5) is 20.4. The van der Waals surface area contributed by atoms with E-state index in [4.69, 9.17) is 33.2 Å². The molecule has 4 saturated carbocycles. The average molecular weight is 1000 g/mol. The molecule has 16 nitrogen and oxygen atoms in total. The number of nitrogens with zero attached hydrogens (tertiary/aromatic N) is 2. The molecule has 4 aliphatic heterocycles. The molecular formula is C51H72N2O14S2. The first-order chi connectivity index (χ1) is 33.0. The van der Waals surface area contributed by atoms with Gasteiger partial charge in [0.2, 0.25) is 0 Å². The third kappa shape index (κ3) is 10.5. The lowest BCUT2D eigenvalue weighted by molar-refractivity contribution is -0.336. The second kappa shape index (κ2) is 21.3. The Morgan fingerprint density at radius 1 is 0.667 bits per heavy atom. The molecular weight excluding hydrogens is 929 g/mol. The van der Waals surface area contributed by atoms with Gasteiger partial charge in [-0.1, -0.05) is 26.0 Å². The van der Waals surface area contributed by atoms with Gasteiger partial charge in [-0.05, 0) is 153 Å². The van der Waals surface area contributed by atoms with Gasteiger partial charge in [0.15, 0.2) is 18.9 Å². The topological polar surface area (TPSA) is 229 Å². The normalized spacial score (nSPS) is 46.3. The summed E-state index contributed by atoms with van der Waals surface area (Å²) in [5.41, 5.74) is -0.892. The minimum atomic E-state index is -1.01. The van der Waals surface area contributed by atoms with Crippen LogP contribution in [0.3, 0.4) is 0 Å². The Hall–Kier alpha value is -2.27. The minimum absolute atomic E-state index is 0.0452. The lowest BCUT2D eigenvalue weighted by Crippen LogP contribution is -2.67. The van der Waals surface area contributed by atoms with Gasteiger partial charge in [-0.25, -0.2) is 14.8 Å². The Balaban J connectivity index is 0.000000362. The fourth-order valence-corrected chi connectivity index (χ4v) is 15.4. The van der Waals surface area contributed by atoms with Gasteiger partial charge in [0.1, 0.15) is 35.0 Å². The third-order valence-corrected chi connectivity index (χ3v) is 19.6. The van der Waals surface area contributed by atoms with E-state index in [0.29, 0.717) is 18.8 Å². The molecule has 21 atom stereocenters. The molecule has 6 heterocycles. The first-order valence-electron chi connectivity index (χ1n) is 25.1. The predicted octanol–water partition coefficient (Wildman–Crippen LogP) is 5.49. The lowest BCUT2D eigenvalue weighted by atomic mass is 9.42. The van der Waals surface area contributed by atoms with Crippen LogP contribution in [0.15, 0.2) is 70.5 Å². The second-order valence-corrected chi connectivity index (χ2v) is 23.5. The number of ether oxygens (including phenoxy) is 7. The molecule has 0 spiro atoms. The van der Waals surface area contributed by atoms with Crippen molar-refractivity contribution in [3.05, 3.63) is 60.4 Å². The number of cyclic esters (lactones) is 1. The Bertz CT molecular complexity index is 2010. The fourth-order valence-electron chi connectivity index (χ4n) is 13.6. The quantitative estimate of drug-likeness (QED) is 0.0982.